The Morgan fingerprint density at radius 3 is 2.67 bits per heavy atom. The number of rotatable bonds is 8. The van der Waals surface area contributed by atoms with Gasteiger partial charge in [0.1, 0.15) is 22.9 Å². The standard InChI is InChI=1S/C21H22BrF3N2O6/c1-31-19-14(32-9-10-33-21(23,24)25)6-5-13(12-28)18(19)27-8-7-20(30,16(29)11-27)15-3-2-4-17(22)26-15/h2-6,12,16,29-30H,7-11H2,1H3/t16-,20-/m1/s1. The van der Waals surface area contributed by atoms with Crippen LogP contribution in [-0.2, 0) is 10.3 Å². The van der Waals surface area contributed by atoms with Crippen molar-refractivity contribution in [2.75, 3.05) is 38.3 Å². The van der Waals surface area contributed by atoms with Gasteiger partial charge in [0.2, 0.25) is 0 Å². The van der Waals surface area contributed by atoms with Gasteiger partial charge in [-0.05, 0) is 40.2 Å². The average molecular weight is 535 g/mol. The number of benzene rings is 1. The van der Waals surface area contributed by atoms with Crippen molar-refractivity contribution in [1.82, 2.24) is 4.98 Å². The fourth-order valence-corrected chi connectivity index (χ4v) is 4.03. The highest BCUT2D eigenvalue weighted by Crippen LogP contribution is 2.43. The quantitative estimate of drug-likeness (QED) is 0.303. The molecule has 8 nitrogen and oxygen atoms in total. The van der Waals surface area contributed by atoms with Gasteiger partial charge in [-0.1, -0.05) is 6.07 Å². The number of carbonyl (C=O) groups excluding carboxylic acids is 1. The molecule has 0 radical (unpaired) electrons. The molecule has 180 valence electrons. The number of carbonyl (C=O) groups is 1. The molecule has 0 aliphatic carbocycles. The summed E-state index contributed by atoms with van der Waals surface area (Å²) in [4.78, 5) is 17.6. The summed E-state index contributed by atoms with van der Waals surface area (Å²) < 4.78 is 51.5. The second kappa shape index (κ2) is 10.2. The van der Waals surface area contributed by atoms with Crippen LogP contribution in [0, 0.1) is 0 Å². The largest absolute Gasteiger partial charge is 0.522 e. The molecule has 33 heavy (non-hydrogen) atoms. The number of methoxy groups -OCH3 is 1. The fraction of sp³-hybridized carbons (Fsp3) is 0.429. The lowest BCUT2D eigenvalue weighted by molar-refractivity contribution is -0.325. The van der Waals surface area contributed by atoms with Crippen LogP contribution in [0.25, 0.3) is 0 Å². The number of pyridine rings is 1. The van der Waals surface area contributed by atoms with E-state index in [9.17, 15) is 28.2 Å². The van der Waals surface area contributed by atoms with E-state index in [0.717, 1.165) is 0 Å². The molecule has 1 saturated heterocycles. The Balaban J connectivity index is 1.84. The minimum atomic E-state index is -4.77. The SMILES string of the molecule is COc1c(OCCOC(F)(F)F)ccc(C=O)c1N1CC[C@@](O)(c2cccc(Br)n2)[C@H](O)C1. The molecule has 2 atom stereocenters. The molecule has 12 heteroatoms. The summed E-state index contributed by atoms with van der Waals surface area (Å²) in [6.07, 6.45) is -5.35. The molecule has 0 amide bonds. The normalized spacial score (nSPS) is 21.1. The van der Waals surface area contributed by atoms with Crippen molar-refractivity contribution in [3.63, 3.8) is 0 Å². The van der Waals surface area contributed by atoms with E-state index < -0.39 is 31.3 Å². The number of anilines is 1. The van der Waals surface area contributed by atoms with E-state index >= 15 is 0 Å². The van der Waals surface area contributed by atoms with E-state index in [0.29, 0.717) is 22.3 Å². The van der Waals surface area contributed by atoms with E-state index in [2.05, 4.69) is 25.7 Å². The number of hydrogen-bond donors (Lipinski definition) is 2. The van der Waals surface area contributed by atoms with Crippen molar-refractivity contribution in [2.45, 2.75) is 24.5 Å². The third-order valence-electron chi connectivity index (χ3n) is 5.25. The molecule has 1 aliphatic rings. The highest BCUT2D eigenvalue weighted by atomic mass is 79.9. The smallest absolute Gasteiger partial charge is 0.491 e. The molecule has 0 unspecified atom stereocenters. The first-order valence-corrected chi connectivity index (χ1v) is 10.7. The van der Waals surface area contributed by atoms with Gasteiger partial charge in [-0.2, -0.15) is 0 Å². The first-order chi connectivity index (χ1) is 15.6. The van der Waals surface area contributed by atoms with E-state index in [4.69, 9.17) is 9.47 Å². The van der Waals surface area contributed by atoms with Gasteiger partial charge in [-0.25, -0.2) is 4.98 Å². The first-order valence-electron chi connectivity index (χ1n) is 9.87. The third-order valence-corrected chi connectivity index (χ3v) is 5.69. The molecule has 1 aliphatic heterocycles. The van der Waals surface area contributed by atoms with Crippen LogP contribution in [-0.4, -0.2) is 67.4 Å². The number of aliphatic hydroxyl groups excluding tert-OH is 1. The summed E-state index contributed by atoms with van der Waals surface area (Å²) in [5.41, 5.74) is -0.792. The lowest BCUT2D eigenvalue weighted by atomic mass is 9.84. The second-order valence-electron chi connectivity index (χ2n) is 7.28. The molecular formula is C21H22BrF3N2O6. The number of halogens is 4. The fourth-order valence-electron chi connectivity index (χ4n) is 3.68. The zero-order valence-corrected chi connectivity index (χ0v) is 19.1. The highest BCUT2D eigenvalue weighted by Gasteiger charge is 2.44. The first kappa shape index (κ1) is 25.2. The Labute approximate surface area is 196 Å². The van der Waals surface area contributed by atoms with Gasteiger partial charge < -0.3 is 24.6 Å². The Bertz CT molecular complexity index is 993. The molecule has 1 fully saturated rings. The molecular weight excluding hydrogens is 513 g/mol. The number of piperidine rings is 1. The van der Waals surface area contributed by atoms with Gasteiger partial charge in [0.05, 0.1) is 25.1 Å². The minimum Gasteiger partial charge on any atom is -0.491 e. The average Bonchev–Trinajstić information content (AvgIpc) is 2.77. The minimum absolute atomic E-state index is 0.0669. The molecule has 2 aromatic rings. The van der Waals surface area contributed by atoms with E-state index in [1.807, 2.05) is 0 Å². The number of aldehydes is 1. The van der Waals surface area contributed by atoms with E-state index in [1.54, 1.807) is 23.1 Å². The highest BCUT2D eigenvalue weighted by molar-refractivity contribution is 9.10. The van der Waals surface area contributed by atoms with Gasteiger partial charge >= 0.3 is 6.36 Å². The lowest BCUT2D eigenvalue weighted by Gasteiger charge is -2.43. The lowest BCUT2D eigenvalue weighted by Crippen LogP contribution is -2.54. The van der Waals surface area contributed by atoms with Crippen LogP contribution < -0.4 is 14.4 Å². The summed E-state index contributed by atoms with van der Waals surface area (Å²) in [7, 11) is 1.33. The van der Waals surface area contributed by atoms with Crippen molar-refractivity contribution >= 4 is 27.9 Å². The maximum absolute atomic E-state index is 12.2. The van der Waals surface area contributed by atoms with Crippen molar-refractivity contribution in [3.8, 4) is 11.5 Å². The Morgan fingerprint density at radius 1 is 1.30 bits per heavy atom. The summed E-state index contributed by atoms with van der Waals surface area (Å²) >= 11 is 3.25. The van der Waals surface area contributed by atoms with E-state index in [1.165, 1.54) is 19.2 Å². The molecule has 1 aromatic carbocycles. The van der Waals surface area contributed by atoms with Crippen LogP contribution in [0.15, 0.2) is 34.9 Å². The maximum atomic E-state index is 12.2. The maximum Gasteiger partial charge on any atom is 0.522 e. The van der Waals surface area contributed by atoms with Gasteiger partial charge in [-0.15, -0.1) is 13.2 Å². The van der Waals surface area contributed by atoms with Gasteiger partial charge in [-0.3, -0.25) is 9.53 Å². The number of β-amino-alcohol motifs (C(OH)–C–C–N with tert-alkyl or cyclic N) is 1. The predicted octanol–water partition coefficient (Wildman–Crippen LogP) is 3.04. The number of aliphatic hydroxyl groups is 2. The van der Waals surface area contributed by atoms with Crippen LogP contribution in [0.1, 0.15) is 22.5 Å². The molecule has 0 bridgehead atoms. The van der Waals surface area contributed by atoms with Gasteiger partial charge in [0.15, 0.2) is 17.8 Å². The zero-order chi connectivity index (χ0) is 24.2. The van der Waals surface area contributed by atoms with Crippen molar-refractivity contribution in [2.24, 2.45) is 0 Å². The van der Waals surface area contributed by atoms with Gasteiger partial charge in [0.25, 0.3) is 0 Å². The zero-order valence-electron chi connectivity index (χ0n) is 17.5. The molecule has 3 rings (SSSR count). The summed E-state index contributed by atoms with van der Waals surface area (Å²) in [6.45, 7) is -0.985. The molecule has 0 spiro atoms. The Kier molecular flexibility index (Phi) is 7.83. The number of ether oxygens (including phenoxy) is 3. The summed E-state index contributed by atoms with van der Waals surface area (Å²) in [5.74, 6) is 0.220. The summed E-state index contributed by atoms with van der Waals surface area (Å²) in [5, 5.41) is 21.9. The van der Waals surface area contributed by atoms with Crippen LogP contribution in [0.2, 0.25) is 0 Å². The summed E-state index contributed by atoms with van der Waals surface area (Å²) in [6, 6.07) is 7.84. The molecule has 2 heterocycles. The predicted molar refractivity (Wildman–Crippen MR) is 115 cm³/mol. The van der Waals surface area contributed by atoms with Crippen LogP contribution >= 0.6 is 15.9 Å². The Hall–Kier alpha value is -2.41. The monoisotopic (exact) mass is 534 g/mol. The van der Waals surface area contributed by atoms with Crippen LogP contribution in [0.4, 0.5) is 18.9 Å². The molecule has 0 saturated carbocycles. The van der Waals surface area contributed by atoms with Crippen molar-refractivity contribution in [1.29, 1.82) is 0 Å². The number of aromatic nitrogens is 1. The van der Waals surface area contributed by atoms with Crippen molar-refractivity contribution in [3.05, 3.63) is 46.2 Å². The number of nitrogens with zero attached hydrogens (tertiary/aromatic N) is 2. The number of alkyl halides is 3. The van der Waals surface area contributed by atoms with Crippen LogP contribution in [0.3, 0.4) is 0 Å². The van der Waals surface area contributed by atoms with Gasteiger partial charge in [0, 0.05) is 25.1 Å². The number of hydrogen-bond acceptors (Lipinski definition) is 8. The molecule has 2 N–H and O–H groups in total. The van der Waals surface area contributed by atoms with Crippen molar-refractivity contribution < 1.29 is 42.4 Å². The Morgan fingerprint density at radius 2 is 2.06 bits per heavy atom. The van der Waals surface area contributed by atoms with E-state index in [-0.39, 0.29) is 36.6 Å². The third kappa shape index (κ3) is 5.75. The van der Waals surface area contributed by atoms with Crippen LogP contribution in [0.5, 0.6) is 11.5 Å². The molecule has 1 aromatic heterocycles. The second-order valence-corrected chi connectivity index (χ2v) is 8.09. The topological polar surface area (TPSA) is 101 Å².